The predicted molar refractivity (Wildman–Crippen MR) is 130 cm³/mol. The SMILES string of the molecule is O=C(CSc1nc2ccccc2o1)N/N=C/c1cn[nH]c1-c1ccc(-c2ccccc2)cc1. The summed E-state index contributed by atoms with van der Waals surface area (Å²) in [5.74, 6) is -0.112. The molecule has 0 fully saturated rings. The lowest BCUT2D eigenvalue weighted by molar-refractivity contribution is -0.118. The van der Waals surface area contributed by atoms with Gasteiger partial charge in [0.25, 0.3) is 11.1 Å². The van der Waals surface area contributed by atoms with Gasteiger partial charge in [0.1, 0.15) is 5.52 Å². The van der Waals surface area contributed by atoms with Crippen molar-refractivity contribution < 1.29 is 9.21 Å². The van der Waals surface area contributed by atoms with Gasteiger partial charge in [-0.15, -0.1) is 0 Å². The van der Waals surface area contributed by atoms with Crippen molar-refractivity contribution >= 4 is 35.0 Å². The van der Waals surface area contributed by atoms with Crippen LogP contribution in [0.3, 0.4) is 0 Å². The summed E-state index contributed by atoms with van der Waals surface area (Å²) in [5.41, 5.74) is 8.87. The van der Waals surface area contributed by atoms with Crippen molar-refractivity contribution in [1.29, 1.82) is 0 Å². The number of hydrogen-bond donors (Lipinski definition) is 2. The van der Waals surface area contributed by atoms with Gasteiger partial charge in [-0.25, -0.2) is 10.4 Å². The molecule has 162 valence electrons. The summed E-state index contributed by atoms with van der Waals surface area (Å²) in [5, 5.41) is 11.6. The lowest BCUT2D eigenvalue weighted by atomic mass is 10.0. The third kappa shape index (κ3) is 4.86. The summed E-state index contributed by atoms with van der Waals surface area (Å²) < 4.78 is 5.60. The smallest absolute Gasteiger partial charge is 0.257 e. The number of aromatic nitrogens is 3. The first-order valence-corrected chi connectivity index (χ1v) is 11.2. The molecular weight excluding hydrogens is 434 g/mol. The van der Waals surface area contributed by atoms with Gasteiger partial charge in [0, 0.05) is 11.1 Å². The lowest BCUT2D eigenvalue weighted by Gasteiger charge is -2.04. The maximum absolute atomic E-state index is 12.1. The topological polar surface area (TPSA) is 96.2 Å². The second kappa shape index (κ2) is 9.54. The molecular formula is C25H19N5O2S. The van der Waals surface area contributed by atoms with Crippen molar-refractivity contribution in [3.8, 4) is 22.4 Å². The number of nitrogens with zero attached hydrogens (tertiary/aromatic N) is 3. The van der Waals surface area contributed by atoms with Gasteiger partial charge >= 0.3 is 0 Å². The molecule has 2 aromatic heterocycles. The van der Waals surface area contributed by atoms with Gasteiger partial charge in [-0.3, -0.25) is 9.89 Å². The Bertz CT molecular complexity index is 1370. The molecule has 0 bridgehead atoms. The summed E-state index contributed by atoms with van der Waals surface area (Å²) in [7, 11) is 0. The van der Waals surface area contributed by atoms with Crippen molar-refractivity contribution in [2.24, 2.45) is 5.10 Å². The lowest BCUT2D eigenvalue weighted by Crippen LogP contribution is -2.19. The van der Waals surface area contributed by atoms with Crippen molar-refractivity contribution in [1.82, 2.24) is 20.6 Å². The Morgan fingerprint density at radius 3 is 2.52 bits per heavy atom. The summed E-state index contributed by atoms with van der Waals surface area (Å²) in [6.45, 7) is 0. The first-order valence-electron chi connectivity index (χ1n) is 10.3. The number of nitrogens with one attached hydrogen (secondary N) is 2. The van der Waals surface area contributed by atoms with Crippen LogP contribution in [0.4, 0.5) is 0 Å². The van der Waals surface area contributed by atoms with E-state index in [9.17, 15) is 4.79 Å². The number of aromatic amines is 1. The van der Waals surface area contributed by atoms with Crippen molar-refractivity contribution in [2.75, 3.05) is 5.75 Å². The van der Waals surface area contributed by atoms with Crippen LogP contribution < -0.4 is 5.43 Å². The number of hydrogen-bond acceptors (Lipinski definition) is 6. The van der Waals surface area contributed by atoms with E-state index in [-0.39, 0.29) is 11.7 Å². The summed E-state index contributed by atoms with van der Waals surface area (Å²) in [6.07, 6.45) is 3.25. The summed E-state index contributed by atoms with van der Waals surface area (Å²) in [4.78, 5) is 16.5. The highest BCUT2D eigenvalue weighted by atomic mass is 32.2. The standard InChI is InChI=1S/C25H19N5O2S/c31-23(16-33-25-28-21-8-4-5-9-22(21)32-25)29-26-14-20-15-27-30-24(20)19-12-10-18(11-13-19)17-6-2-1-3-7-17/h1-15H,16H2,(H,27,30)(H,29,31)/b26-14+. The Hall–Kier alpha value is -4.17. The van der Waals surface area contributed by atoms with E-state index in [0.717, 1.165) is 33.5 Å². The Morgan fingerprint density at radius 2 is 1.70 bits per heavy atom. The molecule has 1 amide bonds. The highest BCUT2D eigenvalue weighted by Crippen LogP contribution is 2.25. The van der Waals surface area contributed by atoms with Crippen LogP contribution in [0.15, 0.2) is 99.8 Å². The molecule has 5 rings (SSSR count). The van der Waals surface area contributed by atoms with Crippen LogP contribution >= 0.6 is 11.8 Å². The van der Waals surface area contributed by atoms with E-state index in [1.165, 1.54) is 11.8 Å². The van der Waals surface area contributed by atoms with Gasteiger partial charge in [-0.1, -0.05) is 78.5 Å². The number of thioether (sulfide) groups is 1. The minimum absolute atomic E-state index is 0.142. The molecule has 33 heavy (non-hydrogen) atoms. The highest BCUT2D eigenvalue weighted by Gasteiger charge is 2.09. The predicted octanol–water partition coefficient (Wildman–Crippen LogP) is 5.13. The van der Waals surface area contributed by atoms with E-state index in [2.05, 4.69) is 50.0 Å². The van der Waals surface area contributed by atoms with Gasteiger partial charge in [0.05, 0.1) is 23.9 Å². The summed E-state index contributed by atoms with van der Waals surface area (Å²) >= 11 is 1.22. The maximum atomic E-state index is 12.1. The molecule has 0 atom stereocenters. The zero-order valence-electron chi connectivity index (χ0n) is 17.4. The fourth-order valence-corrected chi connectivity index (χ4v) is 3.96. The normalized spacial score (nSPS) is 11.3. The van der Waals surface area contributed by atoms with E-state index in [0.29, 0.717) is 10.8 Å². The van der Waals surface area contributed by atoms with Crippen molar-refractivity contribution in [2.45, 2.75) is 5.22 Å². The van der Waals surface area contributed by atoms with Crippen LogP contribution in [-0.4, -0.2) is 33.1 Å². The second-order valence-corrected chi connectivity index (χ2v) is 8.10. The van der Waals surface area contributed by atoms with Gasteiger partial charge in [0.2, 0.25) is 0 Å². The van der Waals surface area contributed by atoms with E-state index < -0.39 is 0 Å². The molecule has 2 heterocycles. The van der Waals surface area contributed by atoms with Crippen LogP contribution in [0.25, 0.3) is 33.5 Å². The van der Waals surface area contributed by atoms with E-state index in [1.807, 2.05) is 54.6 Å². The fraction of sp³-hybridized carbons (Fsp3) is 0.0400. The van der Waals surface area contributed by atoms with Gasteiger partial charge < -0.3 is 4.42 Å². The zero-order valence-corrected chi connectivity index (χ0v) is 18.3. The number of rotatable bonds is 7. The number of para-hydroxylation sites is 2. The zero-order chi connectivity index (χ0) is 22.5. The number of carbonyl (C=O) groups excluding carboxylic acids is 1. The fourth-order valence-electron chi connectivity index (χ4n) is 3.33. The molecule has 0 saturated carbocycles. The van der Waals surface area contributed by atoms with Crippen molar-refractivity contribution in [3.05, 3.63) is 90.6 Å². The van der Waals surface area contributed by atoms with Gasteiger partial charge in [-0.05, 0) is 23.3 Å². The molecule has 8 heteroatoms. The number of amides is 1. The molecule has 0 aliphatic carbocycles. The van der Waals surface area contributed by atoms with Gasteiger partial charge in [0.15, 0.2) is 5.58 Å². The van der Waals surface area contributed by atoms with E-state index >= 15 is 0 Å². The third-order valence-electron chi connectivity index (χ3n) is 4.94. The largest absolute Gasteiger partial charge is 0.431 e. The average Bonchev–Trinajstić information content (AvgIpc) is 3.50. The number of carbonyl (C=O) groups is 1. The minimum atomic E-state index is -0.254. The quantitative estimate of drug-likeness (QED) is 0.202. The van der Waals surface area contributed by atoms with E-state index in [4.69, 9.17) is 4.42 Å². The number of H-pyrrole nitrogens is 1. The number of hydrazone groups is 1. The maximum Gasteiger partial charge on any atom is 0.257 e. The third-order valence-corrected chi connectivity index (χ3v) is 5.77. The molecule has 7 nitrogen and oxygen atoms in total. The average molecular weight is 454 g/mol. The number of fused-ring (bicyclic) bond motifs is 1. The second-order valence-electron chi connectivity index (χ2n) is 7.17. The molecule has 0 saturated heterocycles. The Kier molecular flexibility index (Phi) is 5.99. The molecule has 0 radical (unpaired) electrons. The molecule has 3 aromatic carbocycles. The molecule has 0 aliphatic rings. The molecule has 0 aliphatic heterocycles. The monoisotopic (exact) mass is 453 g/mol. The van der Waals surface area contributed by atoms with Gasteiger partial charge in [-0.2, -0.15) is 10.2 Å². The first kappa shape index (κ1) is 20.7. The Labute approximate surface area is 193 Å². The molecule has 2 N–H and O–H groups in total. The minimum Gasteiger partial charge on any atom is -0.431 e. The van der Waals surface area contributed by atoms with E-state index in [1.54, 1.807) is 12.4 Å². The highest BCUT2D eigenvalue weighted by molar-refractivity contribution is 7.99. The number of benzene rings is 3. The Morgan fingerprint density at radius 1 is 0.970 bits per heavy atom. The molecule has 0 unspecified atom stereocenters. The van der Waals surface area contributed by atoms with Crippen LogP contribution in [-0.2, 0) is 4.79 Å². The van der Waals surface area contributed by atoms with Crippen LogP contribution in [0.1, 0.15) is 5.56 Å². The first-order chi connectivity index (χ1) is 16.3. The van der Waals surface area contributed by atoms with Crippen LogP contribution in [0, 0.1) is 0 Å². The van der Waals surface area contributed by atoms with Crippen molar-refractivity contribution in [3.63, 3.8) is 0 Å². The van der Waals surface area contributed by atoms with Crippen LogP contribution in [0.2, 0.25) is 0 Å². The van der Waals surface area contributed by atoms with Crippen LogP contribution in [0.5, 0.6) is 0 Å². The Balaban J connectivity index is 1.19. The molecule has 0 spiro atoms. The molecule has 5 aromatic rings. The summed E-state index contributed by atoms with van der Waals surface area (Å²) in [6, 6.07) is 25.9. The number of oxazole rings is 1.